The van der Waals surface area contributed by atoms with Gasteiger partial charge in [0.25, 0.3) is 0 Å². The van der Waals surface area contributed by atoms with Crippen LogP contribution in [0.3, 0.4) is 0 Å². The van der Waals surface area contributed by atoms with E-state index in [-0.39, 0.29) is 5.41 Å². The molecule has 0 spiro atoms. The molecular weight excluding hydrogens is 224 g/mol. The van der Waals surface area contributed by atoms with Crippen LogP contribution in [-0.2, 0) is 15.3 Å². The van der Waals surface area contributed by atoms with E-state index in [1.807, 2.05) is 18.2 Å². The molecule has 0 amide bonds. The zero-order valence-electron chi connectivity index (χ0n) is 11.7. The molecule has 1 aliphatic heterocycles. The van der Waals surface area contributed by atoms with Gasteiger partial charge in [-0.05, 0) is 12.8 Å². The summed E-state index contributed by atoms with van der Waals surface area (Å²) in [6, 6.07) is 10.3. The summed E-state index contributed by atoms with van der Waals surface area (Å²) in [5, 5.41) is 0. The molecule has 2 heteroatoms. The van der Waals surface area contributed by atoms with Crippen molar-refractivity contribution >= 4 is 0 Å². The Kier molecular flexibility index (Phi) is 4.08. The van der Waals surface area contributed by atoms with Crippen LogP contribution >= 0.6 is 0 Å². The molecule has 0 aliphatic carbocycles. The standard InChI is InChI=1S/C16H24O2/c1-4-15(5-2)12-17-16(6-3,18-13-15)14-10-8-7-9-11-14/h7-11H,4-6,12-13H2,1-3H3. The van der Waals surface area contributed by atoms with E-state index in [0.717, 1.165) is 38.0 Å². The Labute approximate surface area is 110 Å². The Balaban J connectivity index is 2.19. The highest BCUT2D eigenvalue weighted by Gasteiger charge is 2.43. The Morgan fingerprint density at radius 2 is 1.44 bits per heavy atom. The molecule has 1 heterocycles. The van der Waals surface area contributed by atoms with E-state index in [2.05, 4.69) is 32.9 Å². The molecule has 1 aromatic carbocycles. The van der Waals surface area contributed by atoms with Crippen LogP contribution in [0.5, 0.6) is 0 Å². The minimum absolute atomic E-state index is 0.202. The fourth-order valence-electron chi connectivity index (χ4n) is 2.55. The lowest BCUT2D eigenvalue weighted by Crippen LogP contribution is -2.47. The molecule has 1 saturated heterocycles. The lowest BCUT2D eigenvalue weighted by molar-refractivity contribution is -0.315. The second-order valence-electron chi connectivity index (χ2n) is 5.26. The van der Waals surface area contributed by atoms with E-state index in [1.165, 1.54) is 0 Å². The predicted molar refractivity (Wildman–Crippen MR) is 73.3 cm³/mol. The van der Waals surface area contributed by atoms with Crippen LogP contribution in [0.25, 0.3) is 0 Å². The van der Waals surface area contributed by atoms with Crippen molar-refractivity contribution in [1.82, 2.24) is 0 Å². The highest BCUT2D eigenvalue weighted by molar-refractivity contribution is 5.20. The molecule has 0 atom stereocenters. The Morgan fingerprint density at radius 3 is 1.89 bits per heavy atom. The van der Waals surface area contributed by atoms with Gasteiger partial charge in [0, 0.05) is 17.4 Å². The van der Waals surface area contributed by atoms with Gasteiger partial charge in [-0.1, -0.05) is 51.1 Å². The number of hydrogen-bond donors (Lipinski definition) is 0. The van der Waals surface area contributed by atoms with Gasteiger partial charge in [-0.15, -0.1) is 0 Å². The van der Waals surface area contributed by atoms with Crippen LogP contribution in [0.15, 0.2) is 30.3 Å². The van der Waals surface area contributed by atoms with Crippen molar-refractivity contribution in [3.05, 3.63) is 35.9 Å². The summed E-state index contributed by atoms with van der Waals surface area (Å²) in [5.41, 5.74) is 1.33. The van der Waals surface area contributed by atoms with E-state index < -0.39 is 5.79 Å². The number of hydrogen-bond acceptors (Lipinski definition) is 2. The van der Waals surface area contributed by atoms with E-state index >= 15 is 0 Å². The summed E-state index contributed by atoms with van der Waals surface area (Å²) >= 11 is 0. The molecule has 0 unspecified atom stereocenters. The molecular formula is C16H24O2. The fraction of sp³-hybridized carbons (Fsp3) is 0.625. The van der Waals surface area contributed by atoms with E-state index in [0.29, 0.717) is 0 Å². The van der Waals surface area contributed by atoms with Crippen LogP contribution in [0, 0.1) is 5.41 Å². The maximum Gasteiger partial charge on any atom is 0.194 e. The molecule has 18 heavy (non-hydrogen) atoms. The number of ether oxygens (including phenoxy) is 2. The van der Waals surface area contributed by atoms with Crippen LogP contribution in [0.4, 0.5) is 0 Å². The first-order chi connectivity index (χ1) is 8.70. The zero-order valence-corrected chi connectivity index (χ0v) is 11.7. The number of rotatable bonds is 4. The molecule has 0 N–H and O–H groups in total. The predicted octanol–water partition coefficient (Wildman–Crippen LogP) is 4.10. The van der Waals surface area contributed by atoms with Crippen LogP contribution in [0.1, 0.15) is 45.6 Å². The van der Waals surface area contributed by atoms with Crippen molar-refractivity contribution in [1.29, 1.82) is 0 Å². The summed E-state index contributed by atoms with van der Waals surface area (Å²) in [4.78, 5) is 0. The molecule has 2 nitrogen and oxygen atoms in total. The van der Waals surface area contributed by atoms with Crippen LogP contribution in [-0.4, -0.2) is 13.2 Å². The molecule has 1 aromatic rings. The molecule has 1 aliphatic rings. The van der Waals surface area contributed by atoms with Crippen LogP contribution < -0.4 is 0 Å². The third-order valence-corrected chi connectivity index (χ3v) is 4.40. The summed E-state index contributed by atoms with van der Waals surface area (Å²) in [5.74, 6) is -0.533. The van der Waals surface area contributed by atoms with Gasteiger partial charge in [0.15, 0.2) is 5.79 Å². The van der Waals surface area contributed by atoms with Gasteiger partial charge in [-0.25, -0.2) is 0 Å². The SMILES string of the molecule is CCC1(CC)COC(CC)(c2ccccc2)OC1. The second-order valence-corrected chi connectivity index (χ2v) is 5.26. The van der Waals surface area contributed by atoms with Crippen molar-refractivity contribution in [2.45, 2.75) is 45.8 Å². The molecule has 100 valence electrons. The van der Waals surface area contributed by atoms with Gasteiger partial charge in [0.05, 0.1) is 13.2 Å². The highest BCUT2D eigenvalue weighted by Crippen LogP contribution is 2.41. The lowest BCUT2D eigenvalue weighted by Gasteiger charge is -2.45. The van der Waals surface area contributed by atoms with Gasteiger partial charge in [-0.3, -0.25) is 0 Å². The van der Waals surface area contributed by atoms with Gasteiger partial charge >= 0.3 is 0 Å². The van der Waals surface area contributed by atoms with Gasteiger partial charge in [0.1, 0.15) is 0 Å². The summed E-state index contributed by atoms with van der Waals surface area (Å²) in [7, 11) is 0. The first-order valence-corrected chi connectivity index (χ1v) is 7.04. The average molecular weight is 248 g/mol. The summed E-state index contributed by atoms with van der Waals surface area (Å²) < 4.78 is 12.4. The summed E-state index contributed by atoms with van der Waals surface area (Å²) in [6.45, 7) is 8.15. The van der Waals surface area contributed by atoms with Gasteiger partial charge < -0.3 is 9.47 Å². The lowest BCUT2D eigenvalue weighted by atomic mass is 9.82. The third-order valence-electron chi connectivity index (χ3n) is 4.40. The molecule has 0 saturated carbocycles. The van der Waals surface area contributed by atoms with E-state index in [4.69, 9.17) is 9.47 Å². The minimum Gasteiger partial charge on any atom is -0.345 e. The highest BCUT2D eigenvalue weighted by atomic mass is 16.7. The Morgan fingerprint density at radius 1 is 0.889 bits per heavy atom. The monoisotopic (exact) mass is 248 g/mol. The fourth-order valence-corrected chi connectivity index (χ4v) is 2.55. The normalized spacial score (nSPS) is 21.7. The minimum atomic E-state index is -0.533. The first-order valence-electron chi connectivity index (χ1n) is 7.04. The molecule has 0 aromatic heterocycles. The second kappa shape index (κ2) is 5.41. The Hall–Kier alpha value is -0.860. The van der Waals surface area contributed by atoms with Crippen molar-refractivity contribution in [3.63, 3.8) is 0 Å². The number of benzene rings is 1. The van der Waals surface area contributed by atoms with Crippen molar-refractivity contribution in [3.8, 4) is 0 Å². The van der Waals surface area contributed by atoms with Crippen molar-refractivity contribution in [2.24, 2.45) is 5.41 Å². The molecule has 1 fully saturated rings. The third kappa shape index (κ3) is 2.32. The van der Waals surface area contributed by atoms with Crippen LogP contribution in [0.2, 0.25) is 0 Å². The first kappa shape index (κ1) is 13.6. The van der Waals surface area contributed by atoms with E-state index in [1.54, 1.807) is 0 Å². The zero-order chi connectivity index (χ0) is 13.1. The maximum atomic E-state index is 6.18. The largest absolute Gasteiger partial charge is 0.345 e. The van der Waals surface area contributed by atoms with Crippen molar-refractivity contribution < 1.29 is 9.47 Å². The molecule has 0 bridgehead atoms. The van der Waals surface area contributed by atoms with Gasteiger partial charge in [-0.2, -0.15) is 0 Å². The van der Waals surface area contributed by atoms with Crippen molar-refractivity contribution in [2.75, 3.05) is 13.2 Å². The quantitative estimate of drug-likeness (QED) is 0.798. The average Bonchev–Trinajstić information content (AvgIpc) is 2.48. The molecule has 2 rings (SSSR count). The summed E-state index contributed by atoms with van der Waals surface area (Å²) in [6.07, 6.45) is 3.07. The Bertz CT molecular complexity index is 358. The maximum absolute atomic E-state index is 6.18. The topological polar surface area (TPSA) is 18.5 Å². The van der Waals surface area contributed by atoms with Gasteiger partial charge in [0.2, 0.25) is 0 Å². The smallest absolute Gasteiger partial charge is 0.194 e. The molecule has 0 radical (unpaired) electrons. The van der Waals surface area contributed by atoms with E-state index in [9.17, 15) is 0 Å².